The van der Waals surface area contributed by atoms with Gasteiger partial charge in [0.25, 0.3) is 0 Å². The number of rotatable bonds is 1. The SMILES string of the molecule is CN/C=C\S. The lowest BCUT2D eigenvalue weighted by molar-refractivity contribution is 1.11. The molecule has 0 aromatic carbocycles. The average Bonchev–Trinajstić information content (AvgIpc) is 1.41. The molecule has 0 fully saturated rings. The molecule has 0 heterocycles. The third-order valence-electron chi connectivity index (χ3n) is 0.241. The van der Waals surface area contributed by atoms with Crippen LogP contribution < -0.4 is 5.32 Å². The second-order valence-electron chi connectivity index (χ2n) is 0.604. The summed E-state index contributed by atoms with van der Waals surface area (Å²) in [5.74, 6) is 0. The summed E-state index contributed by atoms with van der Waals surface area (Å²) >= 11 is 3.76. The summed E-state index contributed by atoms with van der Waals surface area (Å²) in [4.78, 5) is 0. The van der Waals surface area contributed by atoms with Crippen LogP contribution in [0.25, 0.3) is 0 Å². The van der Waals surface area contributed by atoms with Gasteiger partial charge in [0.15, 0.2) is 0 Å². The Morgan fingerprint density at radius 2 is 2.40 bits per heavy atom. The third-order valence-corrected chi connectivity index (χ3v) is 0.390. The minimum atomic E-state index is 1.64. The van der Waals surface area contributed by atoms with Gasteiger partial charge in [0.2, 0.25) is 0 Å². The Bertz CT molecular complexity index is 33.9. The second kappa shape index (κ2) is 3.89. The van der Waals surface area contributed by atoms with Crippen molar-refractivity contribution in [2.75, 3.05) is 7.05 Å². The predicted octanol–water partition coefficient (Wildman–Crippen LogP) is 0.607. The third kappa shape index (κ3) is 3.89. The van der Waals surface area contributed by atoms with E-state index in [1.165, 1.54) is 0 Å². The largest absolute Gasteiger partial charge is 0.394 e. The van der Waals surface area contributed by atoms with Crippen LogP contribution in [0.15, 0.2) is 11.6 Å². The fraction of sp³-hybridized carbons (Fsp3) is 0.333. The number of nitrogens with one attached hydrogen (secondary N) is 1. The van der Waals surface area contributed by atoms with E-state index < -0.39 is 0 Å². The van der Waals surface area contributed by atoms with Crippen LogP contribution in [0.2, 0.25) is 0 Å². The lowest BCUT2D eigenvalue weighted by Crippen LogP contribution is -1.88. The summed E-state index contributed by atoms with van der Waals surface area (Å²) in [5.41, 5.74) is 0. The molecule has 0 amide bonds. The van der Waals surface area contributed by atoms with E-state index in [1.54, 1.807) is 11.6 Å². The van der Waals surface area contributed by atoms with E-state index in [1.807, 2.05) is 7.05 Å². The van der Waals surface area contributed by atoms with Crippen LogP contribution in [0.5, 0.6) is 0 Å². The molecule has 5 heavy (non-hydrogen) atoms. The molecule has 0 unspecified atom stereocenters. The number of hydrogen-bond acceptors (Lipinski definition) is 2. The first-order valence-electron chi connectivity index (χ1n) is 1.38. The van der Waals surface area contributed by atoms with Gasteiger partial charge in [-0.05, 0) is 5.41 Å². The zero-order valence-corrected chi connectivity index (χ0v) is 4.00. The molecule has 0 spiro atoms. The monoisotopic (exact) mass is 89.0 g/mol. The number of hydrogen-bond donors (Lipinski definition) is 2. The normalized spacial score (nSPS) is 9.20. The van der Waals surface area contributed by atoms with E-state index >= 15 is 0 Å². The smallest absolute Gasteiger partial charge is 0.00278 e. The highest BCUT2D eigenvalue weighted by molar-refractivity contribution is 7.83. The summed E-state index contributed by atoms with van der Waals surface area (Å²) in [7, 11) is 1.83. The second-order valence-corrected chi connectivity index (χ2v) is 0.903. The molecule has 0 bridgehead atoms. The number of thiol groups is 1. The maximum Gasteiger partial charge on any atom is 0.00278 e. The van der Waals surface area contributed by atoms with Crippen molar-refractivity contribution in [2.45, 2.75) is 0 Å². The summed E-state index contributed by atoms with van der Waals surface area (Å²) in [6.07, 6.45) is 1.74. The average molecular weight is 89.2 g/mol. The van der Waals surface area contributed by atoms with E-state index in [0.717, 1.165) is 0 Å². The Morgan fingerprint density at radius 3 is 2.40 bits per heavy atom. The first kappa shape index (κ1) is 4.89. The Kier molecular flexibility index (Phi) is 3.80. The minimum Gasteiger partial charge on any atom is -0.394 e. The van der Waals surface area contributed by atoms with Crippen LogP contribution in [0.4, 0.5) is 0 Å². The van der Waals surface area contributed by atoms with Gasteiger partial charge in [0.05, 0.1) is 0 Å². The van der Waals surface area contributed by atoms with Crippen LogP contribution >= 0.6 is 12.6 Å². The Labute approximate surface area is 37.5 Å². The molecular weight excluding hydrogens is 82.1 g/mol. The van der Waals surface area contributed by atoms with Gasteiger partial charge in [-0.1, -0.05) is 0 Å². The molecular formula is C3H7NS. The van der Waals surface area contributed by atoms with E-state index in [2.05, 4.69) is 17.9 Å². The fourth-order valence-corrected chi connectivity index (χ4v) is 0.224. The van der Waals surface area contributed by atoms with Crippen molar-refractivity contribution in [2.24, 2.45) is 0 Å². The Hall–Kier alpha value is -0.110. The fourth-order valence-electron chi connectivity index (χ4n) is 0.0745. The molecule has 0 aliphatic carbocycles. The summed E-state index contributed by atoms with van der Waals surface area (Å²) in [6, 6.07) is 0. The molecule has 0 radical (unpaired) electrons. The molecule has 30 valence electrons. The van der Waals surface area contributed by atoms with Crippen molar-refractivity contribution in [3.8, 4) is 0 Å². The Balaban J connectivity index is 2.62. The van der Waals surface area contributed by atoms with Gasteiger partial charge >= 0.3 is 0 Å². The maximum absolute atomic E-state index is 3.76. The van der Waals surface area contributed by atoms with Crippen molar-refractivity contribution in [1.82, 2.24) is 5.32 Å². The highest BCUT2D eigenvalue weighted by atomic mass is 32.1. The topological polar surface area (TPSA) is 12.0 Å². The van der Waals surface area contributed by atoms with Gasteiger partial charge < -0.3 is 5.32 Å². The summed E-state index contributed by atoms with van der Waals surface area (Å²) in [6.45, 7) is 0. The van der Waals surface area contributed by atoms with Gasteiger partial charge in [-0.2, -0.15) is 0 Å². The van der Waals surface area contributed by atoms with E-state index in [4.69, 9.17) is 0 Å². The van der Waals surface area contributed by atoms with Crippen LogP contribution in [0.3, 0.4) is 0 Å². The molecule has 0 saturated carbocycles. The maximum atomic E-state index is 3.76. The van der Waals surface area contributed by atoms with Gasteiger partial charge in [0.1, 0.15) is 0 Å². The van der Waals surface area contributed by atoms with Crippen molar-refractivity contribution in [3.63, 3.8) is 0 Å². The lowest BCUT2D eigenvalue weighted by atomic mass is 11.0. The standard InChI is InChI=1S/C3H7NS/c1-4-2-3-5/h2-5H,1H3/b3-2-. The molecule has 0 rings (SSSR count). The summed E-state index contributed by atoms with van der Waals surface area (Å²) < 4.78 is 0. The Morgan fingerprint density at radius 1 is 1.80 bits per heavy atom. The van der Waals surface area contributed by atoms with Gasteiger partial charge in [0, 0.05) is 13.2 Å². The molecule has 0 saturated heterocycles. The zero-order valence-electron chi connectivity index (χ0n) is 3.10. The van der Waals surface area contributed by atoms with Crippen LogP contribution in [-0.2, 0) is 0 Å². The van der Waals surface area contributed by atoms with Crippen molar-refractivity contribution < 1.29 is 0 Å². The van der Waals surface area contributed by atoms with Crippen LogP contribution in [0, 0.1) is 0 Å². The van der Waals surface area contributed by atoms with Gasteiger partial charge in [-0.3, -0.25) is 0 Å². The molecule has 1 nitrogen and oxygen atoms in total. The van der Waals surface area contributed by atoms with E-state index in [9.17, 15) is 0 Å². The molecule has 1 N–H and O–H groups in total. The van der Waals surface area contributed by atoms with Crippen LogP contribution in [-0.4, -0.2) is 7.05 Å². The van der Waals surface area contributed by atoms with E-state index in [0.29, 0.717) is 0 Å². The predicted molar refractivity (Wildman–Crippen MR) is 27.2 cm³/mol. The lowest BCUT2D eigenvalue weighted by Gasteiger charge is -1.74. The quantitative estimate of drug-likeness (QED) is 0.448. The van der Waals surface area contributed by atoms with Gasteiger partial charge in [-0.15, -0.1) is 12.6 Å². The molecule has 2 heteroatoms. The first-order chi connectivity index (χ1) is 2.41. The van der Waals surface area contributed by atoms with Gasteiger partial charge in [-0.25, -0.2) is 0 Å². The zero-order chi connectivity index (χ0) is 4.12. The molecule has 0 atom stereocenters. The highest BCUT2D eigenvalue weighted by Crippen LogP contribution is 1.66. The summed E-state index contributed by atoms with van der Waals surface area (Å²) in [5, 5.41) is 4.40. The molecule has 0 aliphatic heterocycles. The first-order valence-corrected chi connectivity index (χ1v) is 1.90. The highest BCUT2D eigenvalue weighted by Gasteiger charge is 1.46. The van der Waals surface area contributed by atoms with Crippen molar-refractivity contribution >= 4 is 12.6 Å². The minimum absolute atomic E-state index is 1.64. The molecule has 0 aromatic heterocycles. The van der Waals surface area contributed by atoms with E-state index in [-0.39, 0.29) is 0 Å². The molecule has 0 aliphatic rings. The van der Waals surface area contributed by atoms with Crippen LogP contribution in [0.1, 0.15) is 0 Å². The van der Waals surface area contributed by atoms with Crippen molar-refractivity contribution in [3.05, 3.63) is 11.6 Å². The van der Waals surface area contributed by atoms with Crippen molar-refractivity contribution in [1.29, 1.82) is 0 Å². The molecule has 0 aromatic rings.